The van der Waals surface area contributed by atoms with Crippen molar-refractivity contribution in [2.45, 2.75) is 33.1 Å². The summed E-state index contributed by atoms with van der Waals surface area (Å²) in [6, 6.07) is 6.79. The Morgan fingerprint density at radius 1 is 1.20 bits per heavy atom. The molecular weight excluding hydrogens is 182 g/mol. The van der Waals surface area contributed by atoms with E-state index in [1.165, 1.54) is 36.1 Å². The lowest BCUT2D eigenvalue weighted by atomic mass is 10.0. The molecule has 0 bridgehead atoms. The molecule has 1 fully saturated rings. The molecule has 1 aliphatic carbocycles. The summed E-state index contributed by atoms with van der Waals surface area (Å²) in [6.45, 7) is 6.71. The zero-order valence-corrected chi connectivity index (χ0v) is 9.84. The van der Waals surface area contributed by atoms with Gasteiger partial charge in [0.1, 0.15) is 0 Å². The minimum absolute atomic E-state index is 0.991. The molecule has 1 heteroatoms. The molecule has 0 aromatic heterocycles. The molecular formula is C14H21N. The summed E-state index contributed by atoms with van der Waals surface area (Å²) in [7, 11) is 0. The number of benzene rings is 1. The van der Waals surface area contributed by atoms with Gasteiger partial charge in [0.15, 0.2) is 0 Å². The monoisotopic (exact) mass is 203 g/mol. The van der Waals surface area contributed by atoms with Gasteiger partial charge in [-0.2, -0.15) is 0 Å². The first kappa shape index (κ1) is 10.7. The Bertz CT molecular complexity index is 326. The lowest BCUT2D eigenvalue weighted by Gasteiger charge is -2.06. The molecule has 0 atom stereocenters. The molecule has 15 heavy (non-hydrogen) atoms. The predicted molar refractivity (Wildman–Crippen MR) is 65.2 cm³/mol. The second-order valence-electron chi connectivity index (χ2n) is 4.82. The Hall–Kier alpha value is -0.820. The van der Waals surface area contributed by atoms with Gasteiger partial charge in [0.25, 0.3) is 0 Å². The lowest BCUT2D eigenvalue weighted by molar-refractivity contribution is 0.637. The number of rotatable bonds is 5. The van der Waals surface area contributed by atoms with Crippen molar-refractivity contribution in [2.75, 3.05) is 13.1 Å². The van der Waals surface area contributed by atoms with E-state index in [9.17, 15) is 0 Å². The Kier molecular flexibility index (Phi) is 3.42. The third kappa shape index (κ3) is 3.35. The minimum atomic E-state index is 0.991. The fourth-order valence-corrected chi connectivity index (χ4v) is 1.82. The molecule has 0 aliphatic heterocycles. The fourth-order valence-electron chi connectivity index (χ4n) is 1.82. The number of aryl methyl sites for hydroxylation is 2. The maximum Gasteiger partial charge on any atom is -0.000823 e. The van der Waals surface area contributed by atoms with E-state index in [1.54, 1.807) is 0 Å². The van der Waals surface area contributed by atoms with E-state index in [0.717, 1.165) is 18.9 Å². The molecule has 1 nitrogen and oxygen atoms in total. The number of hydrogen-bond donors (Lipinski definition) is 1. The van der Waals surface area contributed by atoms with Gasteiger partial charge in [-0.1, -0.05) is 18.2 Å². The van der Waals surface area contributed by atoms with Crippen molar-refractivity contribution in [3.05, 3.63) is 34.9 Å². The van der Waals surface area contributed by atoms with E-state index in [2.05, 4.69) is 37.4 Å². The highest BCUT2D eigenvalue weighted by Gasteiger charge is 2.19. The van der Waals surface area contributed by atoms with Crippen molar-refractivity contribution in [1.29, 1.82) is 0 Å². The maximum atomic E-state index is 3.53. The SMILES string of the molecule is Cc1ccc(CCNCC2CC2)cc1C. The first-order chi connectivity index (χ1) is 7.25. The second-order valence-corrected chi connectivity index (χ2v) is 4.82. The molecule has 1 aromatic rings. The van der Waals surface area contributed by atoms with Crippen LogP contribution in [0.5, 0.6) is 0 Å². The highest BCUT2D eigenvalue weighted by Crippen LogP contribution is 2.27. The van der Waals surface area contributed by atoms with Crippen LogP contribution in [0.15, 0.2) is 18.2 Å². The zero-order chi connectivity index (χ0) is 10.7. The highest BCUT2D eigenvalue weighted by molar-refractivity contribution is 5.29. The minimum Gasteiger partial charge on any atom is -0.316 e. The van der Waals surface area contributed by atoms with Crippen molar-refractivity contribution in [1.82, 2.24) is 5.32 Å². The molecule has 1 aliphatic rings. The van der Waals surface area contributed by atoms with E-state index in [0.29, 0.717) is 0 Å². The van der Waals surface area contributed by atoms with Crippen molar-refractivity contribution >= 4 is 0 Å². The second kappa shape index (κ2) is 4.80. The largest absolute Gasteiger partial charge is 0.316 e. The van der Waals surface area contributed by atoms with Crippen molar-refractivity contribution in [3.63, 3.8) is 0 Å². The maximum absolute atomic E-state index is 3.53. The molecule has 0 spiro atoms. The third-order valence-electron chi connectivity index (χ3n) is 3.29. The Balaban J connectivity index is 1.74. The van der Waals surface area contributed by atoms with Crippen LogP contribution in [0, 0.1) is 19.8 Å². The van der Waals surface area contributed by atoms with Crippen molar-refractivity contribution in [3.8, 4) is 0 Å². The van der Waals surface area contributed by atoms with Gasteiger partial charge in [-0.15, -0.1) is 0 Å². The molecule has 0 amide bonds. The summed E-state index contributed by atoms with van der Waals surface area (Å²) >= 11 is 0. The molecule has 2 rings (SSSR count). The van der Waals surface area contributed by atoms with E-state index in [-0.39, 0.29) is 0 Å². The summed E-state index contributed by atoms with van der Waals surface area (Å²) in [5.74, 6) is 0.991. The molecule has 0 heterocycles. The molecule has 0 radical (unpaired) electrons. The molecule has 1 N–H and O–H groups in total. The lowest BCUT2D eigenvalue weighted by Crippen LogP contribution is -2.19. The molecule has 0 saturated heterocycles. The molecule has 1 aromatic carbocycles. The fraction of sp³-hybridized carbons (Fsp3) is 0.571. The number of nitrogens with one attached hydrogen (secondary N) is 1. The normalized spacial score (nSPS) is 15.6. The quantitative estimate of drug-likeness (QED) is 0.726. The Morgan fingerprint density at radius 2 is 2.00 bits per heavy atom. The van der Waals surface area contributed by atoms with Gasteiger partial charge in [-0.05, 0) is 68.8 Å². The van der Waals surface area contributed by atoms with Crippen LogP contribution < -0.4 is 5.32 Å². The van der Waals surface area contributed by atoms with Gasteiger partial charge in [0.2, 0.25) is 0 Å². The predicted octanol–water partition coefficient (Wildman–Crippen LogP) is 2.85. The van der Waals surface area contributed by atoms with Crippen molar-refractivity contribution in [2.24, 2.45) is 5.92 Å². The van der Waals surface area contributed by atoms with E-state index >= 15 is 0 Å². The first-order valence-electron chi connectivity index (χ1n) is 6.02. The summed E-state index contributed by atoms with van der Waals surface area (Å²) < 4.78 is 0. The van der Waals surface area contributed by atoms with E-state index < -0.39 is 0 Å². The topological polar surface area (TPSA) is 12.0 Å². The molecule has 1 saturated carbocycles. The molecule has 82 valence electrons. The standard InChI is InChI=1S/C14H21N/c1-11-3-4-13(9-12(11)2)7-8-15-10-14-5-6-14/h3-4,9,14-15H,5-8,10H2,1-2H3. The van der Waals surface area contributed by atoms with Gasteiger partial charge >= 0.3 is 0 Å². The van der Waals surface area contributed by atoms with Crippen molar-refractivity contribution < 1.29 is 0 Å². The van der Waals surface area contributed by atoms with Gasteiger partial charge < -0.3 is 5.32 Å². The average Bonchev–Trinajstić information content (AvgIpc) is 3.02. The number of hydrogen-bond acceptors (Lipinski definition) is 1. The molecule has 0 unspecified atom stereocenters. The van der Waals surface area contributed by atoms with E-state index in [4.69, 9.17) is 0 Å². The first-order valence-corrected chi connectivity index (χ1v) is 6.02. The van der Waals surface area contributed by atoms with Crippen LogP contribution in [0.3, 0.4) is 0 Å². The van der Waals surface area contributed by atoms with Crippen LogP contribution in [0.25, 0.3) is 0 Å². The van der Waals surface area contributed by atoms with Crippen LogP contribution in [0.1, 0.15) is 29.5 Å². The van der Waals surface area contributed by atoms with Crippen LogP contribution in [-0.4, -0.2) is 13.1 Å². The zero-order valence-electron chi connectivity index (χ0n) is 9.84. The third-order valence-corrected chi connectivity index (χ3v) is 3.29. The smallest absolute Gasteiger partial charge is 0.000823 e. The van der Waals surface area contributed by atoms with Crippen LogP contribution in [0.2, 0.25) is 0 Å². The van der Waals surface area contributed by atoms with Gasteiger partial charge in [0.05, 0.1) is 0 Å². The van der Waals surface area contributed by atoms with Gasteiger partial charge in [-0.3, -0.25) is 0 Å². The summed E-state index contributed by atoms with van der Waals surface area (Å²) in [4.78, 5) is 0. The Labute approximate surface area is 92.9 Å². The summed E-state index contributed by atoms with van der Waals surface area (Å²) in [5.41, 5.74) is 4.26. The summed E-state index contributed by atoms with van der Waals surface area (Å²) in [5, 5.41) is 3.53. The van der Waals surface area contributed by atoms with Gasteiger partial charge in [0, 0.05) is 0 Å². The highest BCUT2D eigenvalue weighted by atomic mass is 14.9. The summed E-state index contributed by atoms with van der Waals surface area (Å²) in [6.07, 6.45) is 4.04. The average molecular weight is 203 g/mol. The van der Waals surface area contributed by atoms with Gasteiger partial charge in [-0.25, -0.2) is 0 Å². The van der Waals surface area contributed by atoms with Crippen LogP contribution in [-0.2, 0) is 6.42 Å². The van der Waals surface area contributed by atoms with Crippen LogP contribution in [0.4, 0.5) is 0 Å². The Morgan fingerprint density at radius 3 is 2.67 bits per heavy atom. The van der Waals surface area contributed by atoms with Crippen LogP contribution >= 0.6 is 0 Å². The van der Waals surface area contributed by atoms with E-state index in [1.807, 2.05) is 0 Å².